The van der Waals surface area contributed by atoms with Crippen LogP contribution in [0.1, 0.15) is 21.9 Å². The van der Waals surface area contributed by atoms with Crippen molar-refractivity contribution in [2.24, 2.45) is 0 Å². The predicted octanol–water partition coefficient (Wildman–Crippen LogP) is 3.25. The number of hydrogen-bond acceptors (Lipinski definition) is 7. The molecule has 0 unspecified atom stereocenters. The summed E-state index contributed by atoms with van der Waals surface area (Å²) in [5.41, 5.74) is 2.45. The molecule has 1 aliphatic rings. The molecule has 1 aliphatic heterocycles. The molecular weight excluding hydrogens is 412 g/mol. The lowest BCUT2D eigenvalue weighted by atomic mass is 10.2. The van der Waals surface area contributed by atoms with Crippen molar-refractivity contribution in [3.05, 3.63) is 71.2 Å². The highest BCUT2D eigenvalue weighted by atomic mass is 32.1. The van der Waals surface area contributed by atoms with Gasteiger partial charge in [0.05, 0.1) is 34.6 Å². The van der Waals surface area contributed by atoms with Gasteiger partial charge in [-0.05, 0) is 30.5 Å². The second kappa shape index (κ2) is 8.44. The first-order valence-corrected chi connectivity index (χ1v) is 11.0. The Balaban J connectivity index is 1.20. The summed E-state index contributed by atoms with van der Waals surface area (Å²) in [5.74, 6) is 1.25. The Kier molecular flexibility index (Phi) is 5.35. The minimum atomic E-state index is 0.0251. The fraction of sp³-hybridized carbons (Fsp3) is 0.273. The molecule has 0 spiro atoms. The molecule has 1 fully saturated rings. The van der Waals surface area contributed by atoms with Gasteiger partial charge in [-0.3, -0.25) is 9.69 Å². The highest BCUT2D eigenvalue weighted by molar-refractivity contribution is 7.13. The summed E-state index contributed by atoms with van der Waals surface area (Å²) in [6.45, 7) is 5.35. The van der Waals surface area contributed by atoms with Gasteiger partial charge in [-0.1, -0.05) is 29.4 Å². The summed E-state index contributed by atoms with van der Waals surface area (Å²) in [6.07, 6.45) is 1.67. The standard InChI is InChI=1S/C22H22N6O2S/c1-16-18(14-23-28(16)17-6-3-2-4-7-17)22(29)27-11-9-26(10-12-27)15-20-24-21(25-30-20)19-8-5-13-31-19/h2-8,13-14H,9-12,15H2,1H3. The zero-order chi connectivity index (χ0) is 21.2. The fourth-order valence-electron chi connectivity index (χ4n) is 3.74. The summed E-state index contributed by atoms with van der Waals surface area (Å²) in [6, 6.07) is 13.8. The summed E-state index contributed by atoms with van der Waals surface area (Å²) < 4.78 is 7.22. The first kappa shape index (κ1) is 19.7. The number of carbonyl (C=O) groups is 1. The number of benzene rings is 1. The Morgan fingerprint density at radius 2 is 1.90 bits per heavy atom. The third-order valence-corrected chi connectivity index (χ3v) is 6.33. The van der Waals surface area contributed by atoms with Gasteiger partial charge in [-0.15, -0.1) is 11.3 Å². The second-order valence-electron chi connectivity index (χ2n) is 7.45. The largest absolute Gasteiger partial charge is 0.338 e. The maximum Gasteiger partial charge on any atom is 0.257 e. The predicted molar refractivity (Wildman–Crippen MR) is 117 cm³/mol. The van der Waals surface area contributed by atoms with Crippen LogP contribution >= 0.6 is 11.3 Å². The van der Waals surface area contributed by atoms with E-state index in [2.05, 4.69) is 20.1 Å². The van der Waals surface area contributed by atoms with Gasteiger partial charge < -0.3 is 9.42 Å². The molecule has 8 nitrogen and oxygen atoms in total. The lowest BCUT2D eigenvalue weighted by molar-refractivity contribution is 0.0614. The number of rotatable bonds is 5. The van der Waals surface area contributed by atoms with Crippen molar-refractivity contribution in [2.75, 3.05) is 26.2 Å². The van der Waals surface area contributed by atoms with E-state index in [0.717, 1.165) is 29.3 Å². The van der Waals surface area contributed by atoms with Gasteiger partial charge in [-0.25, -0.2) is 4.68 Å². The monoisotopic (exact) mass is 434 g/mol. The van der Waals surface area contributed by atoms with Gasteiger partial charge in [0.1, 0.15) is 0 Å². The van der Waals surface area contributed by atoms with Gasteiger partial charge in [0.15, 0.2) is 0 Å². The van der Waals surface area contributed by atoms with Crippen LogP contribution < -0.4 is 0 Å². The molecule has 0 bridgehead atoms. The molecule has 0 radical (unpaired) electrons. The van der Waals surface area contributed by atoms with E-state index in [4.69, 9.17) is 4.52 Å². The van der Waals surface area contributed by atoms with Crippen molar-refractivity contribution >= 4 is 17.2 Å². The van der Waals surface area contributed by atoms with E-state index in [1.807, 2.05) is 64.4 Å². The van der Waals surface area contributed by atoms with Crippen LogP contribution in [-0.2, 0) is 6.54 Å². The Labute approximate surface area is 183 Å². The molecule has 31 heavy (non-hydrogen) atoms. The van der Waals surface area contributed by atoms with Gasteiger partial charge >= 0.3 is 0 Å². The molecule has 1 aromatic carbocycles. The Morgan fingerprint density at radius 3 is 2.65 bits per heavy atom. The first-order chi connectivity index (χ1) is 15.2. The molecule has 158 valence electrons. The maximum atomic E-state index is 13.1. The number of para-hydroxylation sites is 1. The first-order valence-electron chi connectivity index (χ1n) is 10.2. The van der Waals surface area contributed by atoms with Gasteiger partial charge in [0.2, 0.25) is 11.7 Å². The van der Waals surface area contributed by atoms with E-state index in [-0.39, 0.29) is 5.91 Å². The number of carbonyl (C=O) groups excluding carboxylic acids is 1. The molecular formula is C22H22N6O2S. The van der Waals surface area contributed by atoms with Crippen molar-refractivity contribution in [3.8, 4) is 16.4 Å². The third kappa shape index (κ3) is 4.01. The van der Waals surface area contributed by atoms with E-state index in [9.17, 15) is 4.79 Å². The Morgan fingerprint density at radius 1 is 1.10 bits per heavy atom. The average Bonchev–Trinajstić information content (AvgIpc) is 3.56. The zero-order valence-electron chi connectivity index (χ0n) is 17.1. The van der Waals surface area contributed by atoms with E-state index in [1.165, 1.54) is 0 Å². The number of hydrogen-bond donors (Lipinski definition) is 0. The molecule has 3 aromatic heterocycles. The molecule has 5 rings (SSSR count). The summed E-state index contributed by atoms with van der Waals surface area (Å²) in [4.78, 5) is 22.7. The molecule has 0 saturated carbocycles. The third-order valence-electron chi connectivity index (χ3n) is 5.47. The lowest BCUT2D eigenvalue weighted by Crippen LogP contribution is -2.48. The number of thiophene rings is 1. The van der Waals surface area contributed by atoms with Crippen molar-refractivity contribution in [1.82, 2.24) is 29.7 Å². The molecule has 4 heterocycles. The molecule has 1 amide bonds. The van der Waals surface area contributed by atoms with Gasteiger partial charge in [0.25, 0.3) is 5.91 Å². The summed E-state index contributed by atoms with van der Waals surface area (Å²) in [7, 11) is 0. The summed E-state index contributed by atoms with van der Waals surface area (Å²) in [5, 5.41) is 10.5. The van der Waals surface area contributed by atoms with Crippen molar-refractivity contribution in [3.63, 3.8) is 0 Å². The van der Waals surface area contributed by atoms with Crippen LogP contribution in [-0.4, -0.2) is 61.8 Å². The quantitative estimate of drug-likeness (QED) is 0.480. The van der Waals surface area contributed by atoms with Gasteiger partial charge in [-0.2, -0.15) is 10.1 Å². The molecule has 0 N–H and O–H groups in total. The second-order valence-corrected chi connectivity index (χ2v) is 8.40. The molecule has 1 saturated heterocycles. The van der Waals surface area contributed by atoms with E-state index >= 15 is 0 Å². The normalized spacial score (nSPS) is 14.8. The highest BCUT2D eigenvalue weighted by Gasteiger charge is 2.26. The topological polar surface area (TPSA) is 80.3 Å². The van der Waals surface area contributed by atoms with E-state index in [1.54, 1.807) is 17.5 Å². The van der Waals surface area contributed by atoms with Crippen molar-refractivity contribution in [2.45, 2.75) is 13.5 Å². The van der Waals surface area contributed by atoms with Crippen LogP contribution in [0.5, 0.6) is 0 Å². The Hall–Kier alpha value is -3.30. The number of nitrogens with zero attached hydrogens (tertiary/aromatic N) is 6. The number of aromatic nitrogens is 4. The van der Waals surface area contributed by atoms with Crippen LogP contribution in [0.4, 0.5) is 0 Å². The zero-order valence-corrected chi connectivity index (χ0v) is 18.0. The van der Waals surface area contributed by atoms with Crippen molar-refractivity contribution < 1.29 is 9.32 Å². The molecule has 0 aliphatic carbocycles. The molecule has 4 aromatic rings. The average molecular weight is 435 g/mol. The van der Waals surface area contributed by atoms with Crippen LogP contribution in [0.25, 0.3) is 16.4 Å². The summed E-state index contributed by atoms with van der Waals surface area (Å²) >= 11 is 1.59. The van der Waals surface area contributed by atoms with Crippen LogP contribution in [0, 0.1) is 6.92 Å². The number of amides is 1. The van der Waals surface area contributed by atoms with Crippen molar-refractivity contribution in [1.29, 1.82) is 0 Å². The van der Waals surface area contributed by atoms with Crippen LogP contribution in [0.15, 0.2) is 58.6 Å². The molecule has 0 atom stereocenters. The van der Waals surface area contributed by atoms with Gasteiger partial charge in [0, 0.05) is 26.2 Å². The lowest BCUT2D eigenvalue weighted by Gasteiger charge is -2.33. The number of piperazine rings is 1. The van der Waals surface area contributed by atoms with Crippen LogP contribution in [0.2, 0.25) is 0 Å². The van der Waals surface area contributed by atoms with E-state index < -0.39 is 0 Å². The van der Waals surface area contributed by atoms with E-state index in [0.29, 0.717) is 36.9 Å². The maximum absolute atomic E-state index is 13.1. The SMILES string of the molecule is Cc1c(C(=O)N2CCN(Cc3nc(-c4cccs4)no3)CC2)cnn1-c1ccccc1. The molecule has 9 heteroatoms. The Bertz CT molecular complexity index is 1160. The smallest absolute Gasteiger partial charge is 0.257 e. The highest BCUT2D eigenvalue weighted by Crippen LogP contribution is 2.22. The minimum Gasteiger partial charge on any atom is -0.338 e. The van der Waals surface area contributed by atoms with Crippen LogP contribution in [0.3, 0.4) is 0 Å². The fourth-order valence-corrected chi connectivity index (χ4v) is 4.39. The minimum absolute atomic E-state index is 0.0251.